The van der Waals surface area contributed by atoms with Gasteiger partial charge in [0.2, 0.25) is 0 Å². The van der Waals surface area contributed by atoms with Gasteiger partial charge in [0.15, 0.2) is 0 Å². The summed E-state index contributed by atoms with van der Waals surface area (Å²) in [6, 6.07) is 3.12. The van der Waals surface area contributed by atoms with E-state index in [2.05, 4.69) is 14.9 Å². The number of nitrogens with zero attached hydrogens (tertiary/aromatic N) is 4. The minimum absolute atomic E-state index is 0.0155. The molecule has 0 aliphatic carbocycles. The Morgan fingerprint density at radius 1 is 1.32 bits per heavy atom. The summed E-state index contributed by atoms with van der Waals surface area (Å²) in [4.78, 5) is 10.5. The molecule has 1 fully saturated rings. The molecular weight excluding hydrogens is 245 g/mol. The lowest BCUT2D eigenvalue weighted by Crippen LogP contribution is -2.29. The van der Waals surface area contributed by atoms with Gasteiger partial charge in [-0.3, -0.25) is 0 Å². The average Bonchev–Trinajstić information content (AvgIpc) is 2.96. The second kappa shape index (κ2) is 4.62. The first-order valence-corrected chi connectivity index (χ1v) is 6.23. The van der Waals surface area contributed by atoms with Gasteiger partial charge in [0, 0.05) is 38.3 Å². The Kier molecular flexibility index (Phi) is 2.94. The number of anilines is 1. The van der Waals surface area contributed by atoms with Crippen LogP contribution in [0, 0.1) is 5.82 Å². The van der Waals surface area contributed by atoms with Gasteiger partial charge >= 0.3 is 0 Å². The molecular formula is C13H16FN5. The summed E-state index contributed by atoms with van der Waals surface area (Å²) in [6.07, 6.45) is 5.00. The molecule has 2 aromatic heterocycles. The highest BCUT2D eigenvalue weighted by molar-refractivity contribution is 5.42. The Bertz CT molecular complexity index is 565. The zero-order chi connectivity index (χ0) is 13.4. The maximum absolute atomic E-state index is 12.9. The number of aromatic nitrogens is 3. The van der Waals surface area contributed by atoms with Gasteiger partial charge in [-0.25, -0.2) is 14.4 Å². The molecule has 0 aromatic carbocycles. The van der Waals surface area contributed by atoms with Crippen molar-refractivity contribution in [2.45, 2.75) is 12.0 Å². The van der Waals surface area contributed by atoms with Crippen molar-refractivity contribution in [3.8, 4) is 0 Å². The number of halogens is 1. The highest BCUT2D eigenvalue weighted by Gasteiger charge is 2.33. The van der Waals surface area contributed by atoms with Crippen molar-refractivity contribution in [1.29, 1.82) is 0 Å². The zero-order valence-electron chi connectivity index (χ0n) is 10.7. The van der Waals surface area contributed by atoms with E-state index in [1.165, 1.54) is 12.3 Å². The molecule has 0 radical (unpaired) electrons. The Morgan fingerprint density at radius 2 is 2.16 bits per heavy atom. The molecule has 5 nitrogen and oxygen atoms in total. The number of pyridine rings is 1. The second-order valence-corrected chi connectivity index (χ2v) is 4.97. The first-order valence-electron chi connectivity index (χ1n) is 6.23. The van der Waals surface area contributed by atoms with E-state index < -0.39 is 0 Å². The lowest BCUT2D eigenvalue weighted by Gasteiger charge is -2.16. The molecule has 2 N–H and O–H groups in total. The minimum Gasteiger partial charge on any atom is -0.354 e. The van der Waals surface area contributed by atoms with Gasteiger partial charge in [-0.1, -0.05) is 0 Å². The number of hydrogen-bond donors (Lipinski definition) is 1. The van der Waals surface area contributed by atoms with Gasteiger partial charge < -0.3 is 15.2 Å². The molecule has 0 bridgehead atoms. The largest absolute Gasteiger partial charge is 0.354 e. The third-order valence-electron chi connectivity index (χ3n) is 3.51. The number of hydrogen-bond acceptors (Lipinski definition) is 4. The summed E-state index contributed by atoms with van der Waals surface area (Å²) in [5.41, 5.74) is 7.18. The lowest BCUT2D eigenvalue weighted by molar-refractivity contribution is 0.621. The molecule has 0 spiro atoms. The van der Waals surface area contributed by atoms with Gasteiger partial charge in [0.1, 0.15) is 11.6 Å². The number of nitrogens with two attached hydrogens (primary N) is 1. The van der Waals surface area contributed by atoms with E-state index in [1.807, 2.05) is 17.8 Å². The van der Waals surface area contributed by atoms with Gasteiger partial charge in [-0.2, -0.15) is 0 Å². The molecule has 3 rings (SSSR count). The fraction of sp³-hybridized carbons (Fsp3) is 0.385. The monoisotopic (exact) mass is 261 g/mol. The summed E-state index contributed by atoms with van der Waals surface area (Å²) >= 11 is 0. The van der Waals surface area contributed by atoms with Crippen LogP contribution < -0.4 is 10.6 Å². The molecule has 3 heterocycles. The number of rotatable bonds is 2. The van der Waals surface area contributed by atoms with Crippen LogP contribution in [0.3, 0.4) is 0 Å². The number of imidazole rings is 1. The molecule has 0 saturated carbocycles. The predicted molar refractivity (Wildman–Crippen MR) is 70.3 cm³/mol. The number of aryl methyl sites for hydroxylation is 1. The fourth-order valence-corrected chi connectivity index (χ4v) is 2.51. The molecule has 6 heteroatoms. The maximum Gasteiger partial charge on any atom is 0.141 e. The van der Waals surface area contributed by atoms with Crippen molar-refractivity contribution in [2.75, 3.05) is 18.0 Å². The van der Waals surface area contributed by atoms with Gasteiger partial charge in [-0.15, -0.1) is 0 Å². The van der Waals surface area contributed by atoms with Gasteiger partial charge in [0.05, 0.1) is 18.2 Å². The third kappa shape index (κ3) is 2.31. The van der Waals surface area contributed by atoms with E-state index in [1.54, 1.807) is 12.4 Å². The minimum atomic E-state index is -0.325. The topological polar surface area (TPSA) is 60.0 Å². The second-order valence-electron chi connectivity index (χ2n) is 4.97. The molecule has 1 saturated heterocycles. The SMILES string of the molecule is Cn1cnc([C@@H]2CN(c3ccc(F)cn3)C[C@H]2N)c1. The van der Waals surface area contributed by atoms with Gasteiger partial charge in [0.25, 0.3) is 0 Å². The molecule has 1 aliphatic heterocycles. The summed E-state index contributed by atoms with van der Waals surface area (Å²) in [7, 11) is 1.94. The van der Waals surface area contributed by atoms with Crippen molar-refractivity contribution < 1.29 is 4.39 Å². The zero-order valence-corrected chi connectivity index (χ0v) is 10.7. The molecule has 0 amide bonds. The Balaban J connectivity index is 1.79. The molecule has 1 aliphatic rings. The summed E-state index contributed by atoms with van der Waals surface area (Å²) in [6.45, 7) is 1.47. The Hall–Kier alpha value is -1.95. The van der Waals surface area contributed by atoms with Crippen LogP contribution in [0.2, 0.25) is 0 Å². The van der Waals surface area contributed by atoms with Crippen molar-refractivity contribution in [3.63, 3.8) is 0 Å². The first-order chi connectivity index (χ1) is 9.13. The highest BCUT2D eigenvalue weighted by Crippen LogP contribution is 2.28. The lowest BCUT2D eigenvalue weighted by atomic mass is 10.0. The van der Waals surface area contributed by atoms with E-state index in [0.717, 1.165) is 18.1 Å². The Morgan fingerprint density at radius 3 is 2.79 bits per heavy atom. The highest BCUT2D eigenvalue weighted by atomic mass is 19.1. The van der Waals surface area contributed by atoms with E-state index >= 15 is 0 Å². The molecule has 2 atom stereocenters. The van der Waals surface area contributed by atoms with Crippen LogP contribution in [-0.4, -0.2) is 33.7 Å². The van der Waals surface area contributed by atoms with Crippen LogP contribution in [0.5, 0.6) is 0 Å². The van der Waals surface area contributed by atoms with Crippen LogP contribution in [0.1, 0.15) is 11.6 Å². The first kappa shape index (κ1) is 12.1. The van der Waals surface area contributed by atoms with Crippen LogP contribution in [0.15, 0.2) is 30.9 Å². The van der Waals surface area contributed by atoms with E-state index in [-0.39, 0.29) is 17.8 Å². The smallest absolute Gasteiger partial charge is 0.141 e. The summed E-state index contributed by atoms with van der Waals surface area (Å²) in [5.74, 6) is 0.622. The van der Waals surface area contributed by atoms with Crippen molar-refractivity contribution in [2.24, 2.45) is 12.8 Å². The summed E-state index contributed by atoms with van der Waals surface area (Å²) < 4.78 is 14.8. The van der Waals surface area contributed by atoms with Crippen molar-refractivity contribution in [1.82, 2.24) is 14.5 Å². The fourth-order valence-electron chi connectivity index (χ4n) is 2.51. The Labute approximate surface area is 110 Å². The standard InChI is InChI=1S/C13H16FN5/c1-18-7-12(17-8-18)10-5-19(6-11(10)15)13-3-2-9(14)4-16-13/h2-4,7-8,10-11H,5-6,15H2,1H3/t10-,11-/m1/s1. The average molecular weight is 261 g/mol. The van der Waals surface area contributed by atoms with Crippen LogP contribution in [0.4, 0.5) is 10.2 Å². The normalized spacial score (nSPS) is 23.0. The van der Waals surface area contributed by atoms with Crippen molar-refractivity contribution >= 4 is 5.82 Å². The van der Waals surface area contributed by atoms with Crippen LogP contribution >= 0.6 is 0 Å². The van der Waals surface area contributed by atoms with Crippen molar-refractivity contribution in [3.05, 3.63) is 42.4 Å². The molecule has 19 heavy (non-hydrogen) atoms. The van der Waals surface area contributed by atoms with E-state index in [4.69, 9.17) is 5.73 Å². The molecule has 100 valence electrons. The van der Waals surface area contributed by atoms with E-state index in [9.17, 15) is 4.39 Å². The molecule has 2 aromatic rings. The van der Waals surface area contributed by atoms with E-state index in [0.29, 0.717) is 6.54 Å². The molecule has 0 unspecified atom stereocenters. The van der Waals surface area contributed by atoms with Crippen LogP contribution in [0.25, 0.3) is 0 Å². The predicted octanol–water partition coefficient (Wildman–Crippen LogP) is 0.885. The maximum atomic E-state index is 12.9. The quantitative estimate of drug-likeness (QED) is 0.872. The summed E-state index contributed by atoms with van der Waals surface area (Å²) in [5, 5.41) is 0. The van der Waals surface area contributed by atoms with Crippen LogP contribution in [-0.2, 0) is 7.05 Å². The van der Waals surface area contributed by atoms with Gasteiger partial charge in [-0.05, 0) is 12.1 Å². The third-order valence-corrected chi connectivity index (χ3v) is 3.51.